The van der Waals surface area contributed by atoms with E-state index in [0.717, 1.165) is 19.9 Å². The van der Waals surface area contributed by atoms with Crippen LogP contribution in [0.1, 0.15) is 21.5 Å². The van der Waals surface area contributed by atoms with Crippen molar-refractivity contribution in [1.29, 1.82) is 5.26 Å². The Morgan fingerprint density at radius 3 is 2.45 bits per heavy atom. The van der Waals surface area contributed by atoms with Gasteiger partial charge in [0.05, 0.1) is 23.4 Å². The first kappa shape index (κ1) is 26.7. The lowest BCUT2D eigenvalue weighted by Gasteiger charge is -2.15. The van der Waals surface area contributed by atoms with Crippen LogP contribution in [0.4, 0.5) is 5.69 Å². The quantitative estimate of drug-likeness (QED) is 0.107. The Bertz CT molecular complexity index is 1570. The second kappa shape index (κ2) is 12.3. The summed E-state index contributed by atoms with van der Waals surface area (Å²) < 4.78 is 17.2. The number of amides is 1. The van der Waals surface area contributed by atoms with Crippen LogP contribution in [-0.4, -0.2) is 26.1 Å². The molecule has 38 heavy (non-hydrogen) atoms. The van der Waals surface area contributed by atoms with Crippen molar-refractivity contribution in [3.05, 3.63) is 105 Å². The third-order valence-corrected chi connectivity index (χ3v) is 6.54. The molecule has 8 heteroatoms. The number of ether oxygens (including phenoxy) is 3. The summed E-state index contributed by atoms with van der Waals surface area (Å²) in [7, 11) is 2.83. The highest BCUT2D eigenvalue weighted by molar-refractivity contribution is 14.1. The lowest BCUT2D eigenvalue weighted by atomic mass is 10.1. The zero-order valence-electron chi connectivity index (χ0n) is 20.7. The summed E-state index contributed by atoms with van der Waals surface area (Å²) in [4.78, 5) is 24.3. The molecule has 0 aliphatic carbocycles. The van der Waals surface area contributed by atoms with Crippen LogP contribution in [-0.2, 0) is 16.1 Å². The molecule has 4 aromatic rings. The van der Waals surface area contributed by atoms with Gasteiger partial charge < -0.3 is 19.5 Å². The van der Waals surface area contributed by atoms with Crippen LogP contribution in [0, 0.1) is 14.9 Å². The number of fused-ring (bicyclic) bond motifs is 1. The standard InChI is InChI=1S/C30H23IN2O5/c1-36-27-16-19(14-23(17-32)29(34)33-24-12-10-21(11-13-24)30(35)37-2)15-26(31)28(27)38-18-22-8-5-7-20-6-3-4-9-25(20)22/h3-16H,18H2,1-2H3,(H,33,34)/b23-14+. The van der Waals surface area contributed by atoms with E-state index < -0.39 is 11.9 Å². The number of hydrogen-bond donors (Lipinski definition) is 1. The lowest BCUT2D eigenvalue weighted by Crippen LogP contribution is -2.13. The fraction of sp³-hybridized carbons (Fsp3) is 0.100. The van der Waals surface area contributed by atoms with Gasteiger partial charge in [-0.3, -0.25) is 4.79 Å². The van der Waals surface area contributed by atoms with Crippen LogP contribution in [0.3, 0.4) is 0 Å². The van der Waals surface area contributed by atoms with E-state index in [4.69, 9.17) is 9.47 Å². The number of nitriles is 1. The molecule has 1 N–H and O–H groups in total. The fourth-order valence-electron chi connectivity index (χ4n) is 3.85. The number of benzene rings is 4. The molecule has 0 saturated heterocycles. The summed E-state index contributed by atoms with van der Waals surface area (Å²) in [5.41, 5.74) is 2.35. The number of rotatable bonds is 8. The average molecular weight is 618 g/mol. The van der Waals surface area contributed by atoms with Crippen molar-refractivity contribution >= 4 is 57.0 Å². The van der Waals surface area contributed by atoms with Gasteiger partial charge in [-0.25, -0.2) is 4.79 Å². The number of anilines is 1. The van der Waals surface area contributed by atoms with Crippen molar-refractivity contribution in [2.45, 2.75) is 6.61 Å². The van der Waals surface area contributed by atoms with Gasteiger partial charge in [0.2, 0.25) is 0 Å². The fourth-order valence-corrected chi connectivity index (χ4v) is 4.63. The van der Waals surface area contributed by atoms with Gasteiger partial charge in [-0.2, -0.15) is 5.26 Å². The molecule has 0 spiro atoms. The predicted molar refractivity (Wildman–Crippen MR) is 154 cm³/mol. The maximum Gasteiger partial charge on any atom is 0.337 e. The normalized spacial score (nSPS) is 10.9. The Kier molecular flexibility index (Phi) is 8.61. The van der Waals surface area contributed by atoms with Gasteiger partial charge in [0.1, 0.15) is 18.2 Å². The van der Waals surface area contributed by atoms with E-state index in [-0.39, 0.29) is 5.57 Å². The molecule has 0 aromatic heterocycles. The molecule has 1 amide bonds. The molecule has 0 atom stereocenters. The largest absolute Gasteiger partial charge is 0.493 e. The molecule has 0 saturated carbocycles. The van der Waals surface area contributed by atoms with Crippen molar-refractivity contribution in [3.63, 3.8) is 0 Å². The zero-order chi connectivity index (χ0) is 27.1. The van der Waals surface area contributed by atoms with Gasteiger partial charge in [0, 0.05) is 5.69 Å². The maximum absolute atomic E-state index is 12.7. The Hall–Kier alpha value is -4.36. The van der Waals surface area contributed by atoms with Crippen LogP contribution >= 0.6 is 22.6 Å². The first-order chi connectivity index (χ1) is 18.4. The third kappa shape index (κ3) is 6.12. The second-order valence-corrected chi connectivity index (χ2v) is 9.32. The Morgan fingerprint density at radius 2 is 1.74 bits per heavy atom. The topological polar surface area (TPSA) is 97.7 Å². The first-order valence-corrected chi connectivity index (χ1v) is 12.6. The lowest BCUT2D eigenvalue weighted by molar-refractivity contribution is -0.112. The van der Waals surface area contributed by atoms with Gasteiger partial charge in [-0.05, 0) is 87.0 Å². The van der Waals surface area contributed by atoms with Crippen molar-refractivity contribution in [1.82, 2.24) is 0 Å². The van der Waals surface area contributed by atoms with Gasteiger partial charge >= 0.3 is 5.97 Å². The summed E-state index contributed by atoms with van der Waals surface area (Å²) in [6, 6.07) is 25.9. The summed E-state index contributed by atoms with van der Waals surface area (Å²) in [6.45, 7) is 0.351. The molecule has 0 aliphatic rings. The predicted octanol–water partition coefficient (Wildman–Crippen LogP) is 6.36. The van der Waals surface area contributed by atoms with Crippen molar-refractivity contribution in [3.8, 4) is 17.6 Å². The van der Waals surface area contributed by atoms with E-state index in [2.05, 4.69) is 50.8 Å². The molecule has 4 aromatic carbocycles. The van der Waals surface area contributed by atoms with Gasteiger partial charge in [-0.15, -0.1) is 0 Å². The van der Waals surface area contributed by atoms with Crippen molar-refractivity contribution < 1.29 is 23.8 Å². The van der Waals surface area contributed by atoms with Crippen LogP contribution in [0.25, 0.3) is 16.8 Å². The van der Waals surface area contributed by atoms with E-state index in [1.54, 1.807) is 25.3 Å². The number of hydrogen-bond acceptors (Lipinski definition) is 6. The highest BCUT2D eigenvalue weighted by Gasteiger charge is 2.15. The van der Waals surface area contributed by atoms with Gasteiger partial charge in [0.15, 0.2) is 11.5 Å². The molecule has 7 nitrogen and oxygen atoms in total. The number of methoxy groups -OCH3 is 2. The van der Waals surface area contributed by atoms with E-state index in [1.807, 2.05) is 36.4 Å². The summed E-state index contributed by atoms with van der Waals surface area (Å²) in [6.07, 6.45) is 1.48. The molecular weight excluding hydrogens is 595 g/mol. The maximum atomic E-state index is 12.7. The molecule has 0 heterocycles. The van der Waals surface area contributed by atoms with Crippen LogP contribution in [0.2, 0.25) is 0 Å². The highest BCUT2D eigenvalue weighted by Crippen LogP contribution is 2.35. The number of carbonyl (C=O) groups excluding carboxylic acids is 2. The summed E-state index contributed by atoms with van der Waals surface area (Å²) in [5.74, 6) is 0.00322. The number of nitrogens with zero attached hydrogens (tertiary/aromatic N) is 1. The number of esters is 1. The highest BCUT2D eigenvalue weighted by atomic mass is 127. The summed E-state index contributed by atoms with van der Waals surface area (Å²) >= 11 is 2.15. The minimum Gasteiger partial charge on any atom is -0.493 e. The summed E-state index contributed by atoms with van der Waals surface area (Å²) in [5, 5.41) is 14.6. The third-order valence-electron chi connectivity index (χ3n) is 5.74. The zero-order valence-corrected chi connectivity index (χ0v) is 22.8. The minimum absolute atomic E-state index is 0.0932. The Balaban J connectivity index is 1.53. The molecular formula is C30H23IN2O5. The molecule has 0 unspecified atom stereocenters. The van der Waals surface area contributed by atoms with Crippen LogP contribution in [0.15, 0.2) is 84.4 Å². The SMILES string of the molecule is COC(=O)c1ccc(NC(=O)/C(C#N)=C/c2cc(I)c(OCc3cccc4ccccc34)c(OC)c2)cc1. The number of halogens is 1. The molecule has 0 bridgehead atoms. The number of carbonyl (C=O) groups is 2. The first-order valence-electron chi connectivity index (χ1n) is 11.5. The van der Waals surface area contributed by atoms with E-state index >= 15 is 0 Å². The van der Waals surface area contributed by atoms with E-state index in [0.29, 0.717) is 34.9 Å². The van der Waals surface area contributed by atoms with Crippen LogP contribution < -0.4 is 14.8 Å². The van der Waals surface area contributed by atoms with Crippen molar-refractivity contribution in [2.24, 2.45) is 0 Å². The smallest absolute Gasteiger partial charge is 0.337 e. The van der Waals surface area contributed by atoms with Gasteiger partial charge in [0.25, 0.3) is 5.91 Å². The minimum atomic E-state index is -0.580. The van der Waals surface area contributed by atoms with Crippen molar-refractivity contribution in [2.75, 3.05) is 19.5 Å². The van der Waals surface area contributed by atoms with E-state index in [9.17, 15) is 14.9 Å². The molecule has 4 rings (SSSR count). The molecule has 0 radical (unpaired) electrons. The van der Waals surface area contributed by atoms with Gasteiger partial charge in [-0.1, -0.05) is 42.5 Å². The van der Waals surface area contributed by atoms with E-state index in [1.165, 1.54) is 25.3 Å². The molecule has 0 fully saturated rings. The monoisotopic (exact) mass is 618 g/mol. The Labute approximate surface area is 233 Å². The molecule has 190 valence electrons. The second-order valence-electron chi connectivity index (χ2n) is 8.15. The number of nitrogens with one attached hydrogen (secondary N) is 1. The average Bonchev–Trinajstić information content (AvgIpc) is 2.94. The van der Waals surface area contributed by atoms with Crippen LogP contribution in [0.5, 0.6) is 11.5 Å². The Morgan fingerprint density at radius 1 is 1.00 bits per heavy atom. The molecule has 0 aliphatic heterocycles.